The second-order valence-electron chi connectivity index (χ2n) is 10.4. The molecule has 0 spiro atoms. The van der Waals surface area contributed by atoms with Crippen LogP contribution in [0.4, 0.5) is 11.1 Å². The zero-order chi connectivity index (χ0) is 25.7. The maximum absolute atomic E-state index is 11.0. The van der Waals surface area contributed by atoms with Crippen LogP contribution in [0.15, 0.2) is 48.3 Å². The number of aromatic nitrogens is 4. The van der Waals surface area contributed by atoms with E-state index in [9.17, 15) is 4.79 Å². The molecule has 0 amide bonds. The number of carbonyl (C=O) groups excluding carboxylic acids is 1. The maximum atomic E-state index is 11.0. The Balaban J connectivity index is 1.04. The first-order valence-corrected chi connectivity index (χ1v) is 14.6. The van der Waals surface area contributed by atoms with E-state index in [-0.39, 0.29) is 0 Å². The Bertz CT molecular complexity index is 1240. The molecule has 8 nitrogen and oxygen atoms in total. The summed E-state index contributed by atoms with van der Waals surface area (Å²) in [5, 5.41) is 10.6. The molecule has 1 aliphatic carbocycles. The first-order valence-electron chi connectivity index (χ1n) is 13.8. The van der Waals surface area contributed by atoms with E-state index in [0.29, 0.717) is 18.8 Å². The Kier molecular flexibility index (Phi) is 7.74. The van der Waals surface area contributed by atoms with Gasteiger partial charge in [0.1, 0.15) is 11.3 Å². The standard InChI is InChI=1S/C29H34N6O2S/c36-20-21-10-14-35(15-11-21)29-33-32-27(38-29)23-8-6-22(7-9-23)24-18-30-28(31-19-24)34-16-12-26(13-17-34)37-25-4-2-1-3-5-25/h6-10,18-20,25-26H,1-5,11-17H2. The van der Waals surface area contributed by atoms with E-state index in [2.05, 4.69) is 54.2 Å². The summed E-state index contributed by atoms with van der Waals surface area (Å²) in [5.74, 6) is 0.802. The number of ether oxygens (including phenoxy) is 1. The number of hydrogen-bond acceptors (Lipinski definition) is 9. The van der Waals surface area contributed by atoms with Gasteiger partial charge in [-0.15, -0.1) is 10.2 Å². The minimum Gasteiger partial charge on any atom is -0.375 e. The molecular weight excluding hydrogens is 496 g/mol. The van der Waals surface area contributed by atoms with Gasteiger partial charge in [0.05, 0.1) is 12.2 Å². The molecular formula is C29H34N6O2S. The molecule has 1 saturated heterocycles. The molecule has 6 rings (SSSR count). The van der Waals surface area contributed by atoms with Crippen molar-refractivity contribution in [2.45, 2.75) is 63.6 Å². The van der Waals surface area contributed by atoms with E-state index in [1.54, 1.807) is 11.3 Å². The normalized spacial score (nSPS) is 19.4. The van der Waals surface area contributed by atoms with Crippen molar-refractivity contribution in [1.82, 2.24) is 20.2 Å². The number of hydrogen-bond donors (Lipinski definition) is 0. The predicted molar refractivity (Wildman–Crippen MR) is 151 cm³/mol. The molecule has 9 heteroatoms. The van der Waals surface area contributed by atoms with Gasteiger partial charge in [0.2, 0.25) is 11.1 Å². The Labute approximate surface area is 227 Å². The van der Waals surface area contributed by atoms with Gasteiger partial charge in [0, 0.05) is 49.7 Å². The number of anilines is 2. The molecule has 3 aromatic rings. The minimum absolute atomic E-state index is 0.378. The molecule has 0 unspecified atom stereocenters. The van der Waals surface area contributed by atoms with Crippen LogP contribution < -0.4 is 9.80 Å². The highest BCUT2D eigenvalue weighted by molar-refractivity contribution is 7.18. The lowest BCUT2D eigenvalue weighted by atomic mass is 9.97. The fraction of sp³-hybridized carbons (Fsp3) is 0.483. The van der Waals surface area contributed by atoms with Crippen molar-refractivity contribution >= 4 is 28.7 Å². The van der Waals surface area contributed by atoms with Gasteiger partial charge in [0.25, 0.3) is 0 Å². The zero-order valence-corrected chi connectivity index (χ0v) is 22.5. The molecule has 2 fully saturated rings. The Morgan fingerprint density at radius 3 is 2.21 bits per heavy atom. The van der Waals surface area contributed by atoms with Gasteiger partial charge < -0.3 is 14.5 Å². The zero-order valence-electron chi connectivity index (χ0n) is 21.7. The van der Waals surface area contributed by atoms with E-state index < -0.39 is 0 Å². The number of benzene rings is 1. The van der Waals surface area contributed by atoms with Crippen LogP contribution in [0.25, 0.3) is 21.7 Å². The lowest BCUT2D eigenvalue weighted by Gasteiger charge is -2.34. The van der Waals surface area contributed by atoms with Gasteiger partial charge in [-0.05, 0) is 43.2 Å². The SMILES string of the molecule is O=CC1=CCN(c2nnc(-c3ccc(-c4cnc(N5CCC(OC6CCCCC6)CC5)nc4)cc3)s2)CC1. The molecule has 198 valence electrons. The highest BCUT2D eigenvalue weighted by Gasteiger charge is 2.25. The third kappa shape index (κ3) is 5.78. The van der Waals surface area contributed by atoms with E-state index >= 15 is 0 Å². The van der Waals surface area contributed by atoms with Crippen molar-refractivity contribution in [2.75, 3.05) is 36.0 Å². The number of nitrogens with zero attached hydrogens (tertiary/aromatic N) is 6. The van der Waals surface area contributed by atoms with Crippen molar-refractivity contribution in [2.24, 2.45) is 0 Å². The summed E-state index contributed by atoms with van der Waals surface area (Å²) in [6, 6.07) is 8.32. The molecule has 0 radical (unpaired) electrons. The second-order valence-corrected chi connectivity index (χ2v) is 11.4. The lowest BCUT2D eigenvalue weighted by molar-refractivity contribution is -0.105. The number of aldehydes is 1. The Morgan fingerprint density at radius 1 is 0.816 bits per heavy atom. The van der Waals surface area contributed by atoms with Crippen molar-refractivity contribution in [1.29, 1.82) is 0 Å². The largest absolute Gasteiger partial charge is 0.375 e. The molecule has 0 bridgehead atoms. The van der Waals surface area contributed by atoms with Gasteiger partial charge in [-0.25, -0.2) is 9.97 Å². The Hall–Kier alpha value is -3.17. The lowest BCUT2D eigenvalue weighted by Crippen LogP contribution is -2.39. The molecule has 4 heterocycles. The molecule has 38 heavy (non-hydrogen) atoms. The maximum Gasteiger partial charge on any atom is 0.225 e. The van der Waals surface area contributed by atoms with Crippen LogP contribution in [0.2, 0.25) is 0 Å². The fourth-order valence-electron chi connectivity index (χ4n) is 5.53. The van der Waals surface area contributed by atoms with Crippen LogP contribution in [0, 0.1) is 0 Å². The second kappa shape index (κ2) is 11.7. The fourth-order valence-corrected chi connectivity index (χ4v) is 6.41. The van der Waals surface area contributed by atoms with Crippen LogP contribution in [-0.4, -0.2) is 64.8 Å². The van der Waals surface area contributed by atoms with Crippen LogP contribution >= 0.6 is 11.3 Å². The molecule has 1 aromatic carbocycles. The molecule has 0 atom stereocenters. The van der Waals surface area contributed by atoms with E-state index in [1.807, 2.05) is 18.5 Å². The van der Waals surface area contributed by atoms with Gasteiger partial charge in [0.15, 0.2) is 0 Å². The topological polar surface area (TPSA) is 84.3 Å². The summed E-state index contributed by atoms with van der Waals surface area (Å²) in [6.07, 6.45) is 16.9. The van der Waals surface area contributed by atoms with Crippen molar-refractivity contribution in [3.8, 4) is 21.7 Å². The van der Waals surface area contributed by atoms with E-state index in [4.69, 9.17) is 4.74 Å². The quantitative estimate of drug-likeness (QED) is 0.380. The van der Waals surface area contributed by atoms with Gasteiger partial charge >= 0.3 is 0 Å². The number of carbonyl (C=O) groups is 1. The summed E-state index contributed by atoms with van der Waals surface area (Å²) in [5.41, 5.74) is 3.98. The first-order chi connectivity index (χ1) is 18.7. The third-order valence-corrected chi connectivity index (χ3v) is 8.88. The summed E-state index contributed by atoms with van der Waals surface area (Å²) in [7, 11) is 0. The highest BCUT2D eigenvalue weighted by atomic mass is 32.1. The molecule has 3 aliphatic rings. The van der Waals surface area contributed by atoms with Crippen LogP contribution in [0.1, 0.15) is 51.4 Å². The summed E-state index contributed by atoms with van der Waals surface area (Å²) < 4.78 is 6.38. The summed E-state index contributed by atoms with van der Waals surface area (Å²) in [4.78, 5) is 24.8. The molecule has 2 aromatic heterocycles. The average molecular weight is 531 g/mol. The van der Waals surface area contributed by atoms with Crippen LogP contribution in [0.5, 0.6) is 0 Å². The molecule has 0 N–H and O–H groups in total. The van der Waals surface area contributed by atoms with Crippen molar-refractivity contribution in [3.63, 3.8) is 0 Å². The summed E-state index contributed by atoms with van der Waals surface area (Å²) in [6.45, 7) is 3.38. The first kappa shape index (κ1) is 25.1. The minimum atomic E-state index is 0.378. The molecule has 1 saturated carbocycles. The monoisotopic (exact) mass is 530 g/mol. The molecule has 2 aliphatic heterocycles. The van der Waals surface area contributed by atoms with Crippen LogP contribution in [-0.2, 0) is 9.53 Å². The average Bonchev–Trinajstić information content (AvgIpc) is 3.49. The van der Waals surface area contributed by atoms with Gasteiger partial charge in [-0.2, -0.15) is 0 Å². The van der Waals surface area contributed by atoms with Crippen LogP contribution in [0.3, 0.4) is 0 Å². The van der Waals surface area contributed by atoms with Gasteiger partial charge in [-0.3, -0.25) is 4.79 Å². The van der Waals surface area contributed by atoms with Crippen molar-refractivity contribution < 1.29 is 9.53 Å². The highest BCUT2D eigenvalue weighted by Crippen LogP contribution is 2.32. The van der Waals surface area contributed by atoms with Crippen molar-refractivity contribution in [3.05, 3.63) is 48.3 Å². The smallest absolute Gasteiger partial charge is 0.225 e. The van der Waals surface area contributed by atoms with Gasteiger partial charge in [-0.1, -0.05) is 60.9 Å². The third-order valence-electron chi connectivity index (χ3n) is 7.85. The van der Waals surface area contributed by atoms with E-state index in [0.717, 1.165) is 83.5 Å². The summed E-state index contributed by atoms with van der Waals surface area (Å²) >= 11 is 1.58. The number of rotatable bonds is 7. The Morgan fingerprint density at radius 2 is 1.53 bits per heavy atom. The number of piperidine rings is 1. The van der Waals surface area contributed by atoms with E-state index in [1.165, 1.54) is 32.1 Å². The predicted octanol–water partition coefficient (Wildman–Crippen LogP) is 5.32.